The van der Waals surface area contributed by atoms with Crippen molar-refractivity contribution in [2.75, 3.05) is 13.1 Å². The lowest BCUT2D eigenvalue weighted by Gasteiger charge is -2.48. The van der Waals surface area contributed by atoms with Gasteiger partial charge in [-0.25, -0.2) is 0 Å². The van der Waals surface area contributed by atoms with Crippen molar-refractivity contribution in [1.82, 2.24) is 4.90 Å². The molecule has 1 N–H and O–H groups in total. The van der Waals surface area contributed by atoms with Crippen molar-refractivity contribution >= 4 is 0 Å². The Morgan fingerprint density at radius 3 is 3.06 bits per heavy atom. The smallest absolute Gasteiger partial charge is 0.0700 e. The molecule has 1 saturated heterocycles. The first kappa shape index (κ1) is 11.9. The first-order chi connectivity index (χ1) is 7.65. The van der Waals surface area contributed by atoms with Crippen molar-refractivity contribution < 1.29 is 5.11 Å². The third kappa shape index (κ3) is 2.23. The van der Waals surface area contributed by atoms with Crippen LogP contribution in [0.5, 0.6) is 0 Å². The van der Waals surface area contributed by atoms with E-state index in [1.54, 1.807) is 0 Å². The van der Waals surface area contributed by atoms with E-state index in [9.17, 15) is 5.11 Å². The molecule has 16 heavy (non-hydrogen) atoms. The Morgan fingerprint density at radius 2 is 2.31 bits per heavy atom. The predicted octanol–water partition coefficient (Wildman–Crippen LogP) is 1.92. The minimum atomic E-state index is -0.388. The van der Waals surface area contributed by atoms with Gasteiger partial charge in [-0.3, -0.25) is 4.90 Å². The molecule has 3 unspecified atom stereocenters. The van der Waals surface area contributed by atoms with E-state index in [1.807, 2.05) is 0 Å². The molecule has 0 aromatic carbocycles. The van der Waals surface area contributed by atoms with Gasteiger partial charge in [-0.2, -0.15) is 5.26 Å². The van der Waals surface area contributed by atoms with Crippen LogP contribution in [0.4, 0.5) is 0 Å². The van der Waals surface area contributed by atoms with Gasteiger partial charge in [0.05, 0.1) is 18.1 Å². The molecule has 3 heteroatoms. The zero-order valence-electron chi connectivity index (χ0n) is 10.2. The van der Waals surface area contributed by atoms with Gasteiger partial charge in [0.2, 0.25) is 0 Å². The molecule has 0 bridgehead atoms. The van der Waals surface area contributed by atoms with Crippen LogP contribution in [0.2, 0.25) is 0 Å². The van der Waals surface area contributed by atoms with Crippen LogP contribution in [0.25, 0.3) is 0 Å². The van der Waals surface area contributed by atoms with Gasteiger partial charge in [0.25, 0.3) is 0 Å². The van der Waals surface area contributed by atoms with Crippen molar-refractivity contribution in [2.24, 2.45) is 5.92 Å². The van der Waals surface area contributed by atoms with Crippen LogP contribution in [0.1, 0.15) is 45.4 Å². The quantitative estimate of drug-likeness (QED) is 0.776. The summed E-state index contributed by atoms with van der Waals surface area (Å²) in [5.41, 5.74) is -0.388. The molecule has 1 heterocycles. The second kappa shape index (κ2) is 4.73. The zero-order chi connectivity index (χ0) is 11.6. The van der Waals surface area contributed by atoms with E-state index in [1.165, 1.54) is 12.8 Å². The Bertz CT molecular complexity index is 286. The highest BCUT2D eigenvalue weighted by molar-refractivity contribution is 4.97. The van der Waals surface area contributed by atoms with Gasteiger partial charge >= 0.3 is 0 Å². The average Bonchev–Trinajstić information content (AvgIpc) is 2.28. The second-order valence-electron chi connectivity index (χ2n) is 5.50. The maximum absolute atomic E-state index is 10.5. The SMILES string of the molecule is CC(CC#N)N1CCC2(O)CCCCC2C1. The summed E-state index contributed by atoms with van der Waals surface area (Å²) in [6.07, 6.45) is 6.08. The molecule has 1 aliphatic heterocycles. The summed E-state index contributed by atoms with van der Waals surface area (Å²) in [5.74, 6) is 0.441. The van der Waals surface area contributed by atoms with Crippen LogP contribution in [0, 0.1) is 17.2 Å². The molecule has 90 valence electrons. The van der Waals surface area contributed by atoms with Crippen LogP contribution in [-0.4, -0.2) is 34.7 Å². The minimum Gasteiger partial charge on any atom is -0.390 e. The maximum atomic E-state index is 10.5. The number of hydrogen-bond donors (Lipinski definition) is 1. The van der Waals surface area contributed by atoms with E-state index >= 15 is 0 Å². The molecular weight excluding hydrogens is 200 g/mol. The average molecular weight is 222 g/mol. The van der Waals surface area contributed by atoms with Gasteiger partial charge in [0.1, 0.15) is 0 Å². The van der Waals surface area contributed by atoms with Crippen LogP contribution in [0.3, 0.4) is 0 Å². The molecular formula is C13H22N2O. The van der Waals surface area contributed by atoms with Gasteiger partial charge in [-0.1, -0.05) is 12.8 Å². The number of nitrogens with zero attached hydrogens (tertiary/aromatic N) is 2. The van der Waals surface area contributed by atoms with E-state index in [0.717, 1.165) is 32.4 Å². The largest absolute Gasteiger partial charge is 0.390 e. The second-order valence-corrected chi connectivity index (χ2v) is 5.50. The summed E-state index contributed by atoms with van der Waals surface area (Å²) in [6.45, 7) is 4.06. The van der Waals surface area contributed by atoms with Crippen LogP contribution >= 0.6 is 0 Å². The van der Waals surface area contributed by atoms with Crippen molar-refractivity contribution in [3.63, 3.8) is 0 Å². The summed E-state index contributed by atoms with van der Waals surface area (Å²) < 4.78 is 0. The van der Waals surface area contributed by atoms with Gasteiger partial charge < -0.3 is 5.11 Å². The minimum absolute atomic E-state index is 0.344. The van der Waals surface area contributed by atoms with Crippen molar-refractivity contribution in [3.05, 3.63) is 0 Å². The van der Waals surface area contributed by atoms with Crippen LogP contribution in [-0.2, 0) is 0 Å². The molecule has 3 atom stereocenters. The highest BCUT2D eigenvalue weighted by atomic mass is 16.3. The molecule has 2 fully saturated rings. The van der Waals surface area contributed by atoms with Gasteiger partial charge in [0.15, 0.2) is 0 Å². The van der Waals surface area contributed by atoms with Gasteiger partial charge in [0, 0.05) is 25.0 Å². The van der Waals surface area contributed by atoms with Crippen molar-refractivity contribution in [2.45, 2.75) is 57.1 Å². The molecule has 0 amide bonds. The van der Waals surface area contributed by atoms with Crippen LogP contribution < -0.4 is 0 Å². The van der Waals surface area contributed by atoms with E-state index < -0.39 is 0 Å². The number of nitriles is 1. The lowest BCUT2D eigenvalue weighted by atomic mass is 9.71. The Kier molecular flexibility index (Phi) is 3.51. The highest BCUT2D eigenvalue weighted by Crippen LogP contribution is 2.40. The fourth-order valence-electron chi connectivity index (χ4n) is 3.26. The predicted molar refractivity (Wildman–Crippen MR) is 62.8 cm³/mol. The zero-order valence-corrected chi connectivity index (χ0v) is 10.2. The molecule has 2 aliphatic rings. The lowest BCUT2D eigenvalue weighted by molar-refractivity contribution is -0.101. The van der Waals surface area contributed by atoms with E-state index in [2.05, 4.69) is 17.9 Å². The Hall–Kier alpha value is -0.590. The van der Waals surface area contributed by atoms with E-state index in [0.29, 0.717) is 18.4 Å². The maximum Gasteiger partial charge on any atom is 0.0700 e. The third-order valence-electron chi connectivity index (χ3n) is 4.47. The fourth-order valence-corrected chi connectivity index (χ4v) is 3.26. The first-order valence-corrected chi connectivity index (χ1v) is 6.49. The van der Waals surface area contributed by atoms with E-state index in [4.69, 9.17) is 5.26 Å². The number of fused-ring (bicyclic) bond motifs is 1. The number of piperidine rings is 1. The van der Waals surface area contributed by atoms with Crippen LogP contribution in [0.15, 0.2) is 0 Å². The normalized spacial score (nSPS) is 37.4. The molecule has 0 spiro atoms. The standard InChI is InChI=1S/C13H22N2O/c1-11(5-8-14)15-9-7-13(16)6-3-2-4-12(13)10-15/h11-12,16H,2-7,9-10H2,1H3. The van der Waals surface area contributed by atoms with Gasteiger partial charge in [-0.15, -0.1) is 0 Å². The number of hydrogen-bond acceptors (Lipinski definition) is 3. The molecule has 0 radical (unpaired) electrons. The van der Waals surface area contributed by atoms with Gasteiger partial charge in [-0.05, 0) is 26.2 Å². The highest BCUT2D eigenvalue weighted by Gasteiger charge is 2.43. The summed E-state index contributed by atoms with van der Waals surface area (Å²) in [4.78, 5) is 2.38. The Labute approximate surface area is 98.1 Å². The summed E-state index contributed by atoms with van der Waals surface area (Å²) in [5, 5.41) is 19.3. The lowest BCUT2D eigenvalue weighted by Crippen LogP contribution is -2.55. The summed E-state index contributed by atoms with van der Waals surface area (Å²) in [7, 11) is 0. The number of rotatable bonds is 2. The van der Waals surface area contributed by atoms with Crippen molar-refractivity contribution in [1.29, 1.82) is 5.26 Å². The Balaban J connectivity index is 1.97. The monoisotopic (exact) mass is 222 g/mol. The van der Waals surface area contributed by atoms with E-state index in [-0.39, 0.29) is 5.60 Å². The molecule has 2 rings (SSSR count). The first-order valence-electron chi connectivity index (χ1n) is 6.49. The summed E-state index contributed by atoms with van der Waals surface area (Å²) in [6, 6.07) is 2.59. The van der Waals surface area contributed by atoms with Crippen molar-refractivity contribution in [3.8, 4) is 6.07 Å². The molecule has 0 aromatic rings. The topological polar surface area (TPSA) is 47.3 Å². The Morgan fingerprint density at radius 1 is 1.50 bits per heavy atom. The fraction of sp³-hybridized carbons (Fsp3) is 0.923. The number of aliphatic hydroxyl groups is 1. The summed E-state index contributed by atoms with van der Waals surface area (Å²) >= 11 is 0. The molecule has 1 aliphatic carbocycles. The molecule has 1 saturated carbocycles. The number of likely N-dealkylation sites (tertiary alicyclic amines) is 1. The molecule has 3 nitrogen and oxygen atoms in total. The molecule has 0 aromatic heterocycles. The third-order valence-corrected chi connectivity index (χ3v) is 4.47.